The Morgan fingerprint density at radius 3 is 2.21 bits per heavy atom. The number of carbonyl (C=O) groups is 2. The largest absolute Gasteiger partial charge is 0.354 e. The van der Waals surface area contributed by atoms with Crippen LogP contribution in [-0.4, -0.2) is 50.8 Å². The van der Waals surface area contributed by atoms with Gasteiger partial charge in [0, 0.05) is 23.1 Å². The fourth-order valence-electron chi connectivity index (χ4n) is 4.16. The normalized spacial score (nSPS) is 12.0. The summed E-state index contributed by atoms with van der Waals surface area (Å²) in [4.78, 5) is 28.5. The quantitative estimate of drug-likeness (QED) is 0.282. The zero-order chi connectivity index (χ0) is 28.4. The summed E-state index contributed by atoms with van der Waals surface area (Å²) < 4.78 is 28.6. The number of sulfonamides is 1. The maximum atomic E-state index is 13.9. The van der Waals surface area contributed by atoms with Crippen LogP contribution in [0, 0.1) is 0 Å². The topological polar surface area (TPSA) is 86.8 Å². The number of nitrogens with zero attached hydrogens (tertiary/aromatic N) is 2. The summed E-state index contributed by atoms with van der Waals surface area (Å²) in [6.45, 7) is 3.99. The van der Waals surface area contributed by atoms with E-state index in [4.69, 9.17) is 23.2 Å². The third-order valence-corrected chi connectivity index (χ3v) is 8.47. The second-order valence-corrected chi connectivity index (χ2v) is 11.7. The van der Waals surface area contributed by atoms with Crippen LogP contribution in [0.5, 0.6) is 0 Å². The van der Waals surface area contributed by atoms with Gasteiger partial charge in [0.15, 0.2) is 0 Å². The minimum atomic E-state index is -4.18. The van der Waals surface area contributed by atoms with Crippen LogP contribution in [0.3, 0.4) is 0 Å². The fraction of sp³-hybridized carbons (Fsp3) is 0.310. The highest BCUT2D eigenvalue weighted by Crippen LogP contribution is 2.27. The van der Waals surface area contributed by atoms with E-state index in [-0.39, 0.29) is 23.0 Å². The van der Waals surface area contributed by atoms with Crippen molar-refractivity contribution in [3.63, 3.8) is 0 Å². The lowest BCUT2D eigenvalue weighted by Crippen LogP contribution is -2.53. The van der Waals surface area contributed by atoms with E-state index in [1.807, 2.05) is 44.2 Å². The van der Waals surface area contributed by atoms with Crippen LogP contribution >= 0.6 is 23.2 Å². The lowest BCUT2D eigenvalue weighted by Gasteiger charge is -2.33. The van der Waals surface area contributed by atoms with Crippen molar-refractivity contribution in [1.82, 2.24) is 10.2 Å². The molecule has 0 bridgehead atoms. The van der Waals surface area contributed by atoms with Gasteiger partial charge in [-0.3, -0.25) is 13.9 Å². The number of nitrogens with one attached hydrogen (secondary N) is 1. The van der Waals surface area contributed by atoms with Crippen LogP contribution in [0.1, 0.15) is 32.3 Å². The van der Waals surface area contributed by atoms with Crippen LogP contribution in [0.2, 0.25) is 10.0 Å². The molecule has 3 aromatic rings. The third-order valence-electron chi connectivity index (χ3n) is 6.20. The van der Waals surface area contributed by atoms with E-state index in [0.717, 1.165) is 16.3 Å². The average Bonchev–Trinajstić information content (AvgIpc) is 2.93. The fourth-order valence-corrected chi connectivity index (χ4v) is 5.87. The Balaban J connectivity index is 2.00. The van der Waals surface area contributed by atoms with Gasteiger partial charge < -0.3 is 10.2 Å². The first kappa shape index (κ1) is 30.5. The van der Waals surface area contributed by atoms with Gasteiger partial charge in [0.05, 0.1) is 10.6 Å². The number of benzene rings is 3. The lowest BCUT2D eigenvalue weighted by molar-refractivity contribution is -0.139. The highest BCUT2D eigenvalue weighted by Gasteiger charge is 2.33. The van der Waals surface area contributed by atoms with Crippen LogP contribution in [-0.2, 0) is 26.0 Å². The van der Waals surface area contributed by atoms with Crippen LogP contribution < -0.4 is 9.62 Å². The molecule has 0 fully saturated rings. The molecule has 1 atom stereocenters. The summed E-state index contributed by atoms with van der Waals surface area (Å²) in [6.07, 6.45) is 1.63. The first-order valence-electron chi connectivity index (χ1n) is 12.8. The predicted octanol–water partition coefficient (Wildman–Crippen LogP) is 5.56. The molecule has 39 heavy (non-hydrogen) atoms. The first-order chi connectivity index (χ1) is 18.7. The number of halogens is 2. The molecule has 2 amide bonds. The SMILES string of the molecule is CCCNC(=O)C(CC)N(CCc1ccccc1)C(=O)CN(c1cccc(Cl)c1)S(=O)(=O)c1ccc(Cl)cc1. The number of hydrogen-bond donors (Lipinski definition) is 1. The zero-order valence-corrected chi connectivity index (χ0v) is 24.3. The number of hydrogen-bond acceptors (Lipinski definition) is 4. The molecule has 3 aromatic carbocycles. The maximum absolute atomic E-state index is 13.9. The van der Waals surface area contributed by atoms with E-state index < -0.39 is 28.5 Å². The van der Waals surface area contributed by atoms with Gasteiger partial charge in [-0.2, -0.15) is 0 Å². The Morgan fingerprint density at radius 1 is 0.897 bits per heavy atom. The number of anilines is 1. The van der Waals surface area contributed by atoms with Gasteiger partial charge in [0.2, 0.25) is 11.8 Å². The molecule has 0 aliphatic carbocycles. The number of carbonyl (C=O) groups excluding carboxylic acids is 2. The molecule has 1 unspecified atom stereocenters. The average molecular weight is 591 g/mol. The van der Waals surface area contributed by atoms with Gasteiger partial charge in [0.25, 0.3) is 10.0 Å². The van der Waals surface area contributed by atoms with E-state index >= 15 is 0 Å². The molecule has 0 aliphatic heterocycles. The lowest BCUT2D eigenvalue weighted by atomic mass is 10.1. The first-order valence-corrected chi connectivity index (χ1v) is 15.0. The molecular weight excluding hydrogens is 557 g/mol. The molecule has 10 heteroatoms. The molecule has 1 N–H and O–H groups in total. The number of rotatable bonds is 13. The second kappa shape index (κ2) is 14.4. The second-order valence-electron chi connectivity index (χ2n) is 8.98. The van der Waals surface area contributed by atoms with Gasteiger partial charge in [0.1, 0.15) is 12.6 Å². The molecule has 0 spiro atoms. The molecule has 3 rings (SSSR count). The Labute approximate surface area is 240 Å². The molecule has 0 heterocycles. The van der Waals surface area contributed by atoms with Crippen molar-refractivity contribution in [2.24, 2.45) is 0 Å². The molecule has 0 saturated carbocycles. The highest BCUT2D eigenvalue weighted by atomic mass is 35.5. The van der Waals surface area contributed by atoms with Crippen LogP contribution in [0.15, 0.2) is 83.8 Å². The van der Waals surface area contributed by atoms with Crippen LogP contribution in [0.25, 0.3) is 0 Å². The van der Waals surface area contributed by atoms with Gasteiger partial charge in [-0.1, -0.05) is 73.4 Å². The van der Waals surface area contributed by atoms with Crippen molar-refractivity contribution in [2.45, 2.75) is 44.0 Å². The van der Waals surface area contributed by atoms with Gasteiger partial charge in [-0.05, 0) is 67.3 Å². The van der Waals surface area contributed by atoms with E-state index in [2.05, 4.69) is 5.32 Å². The van der Waals surface area contributed by atoms with Crippen molar-refractivity contribution in [2.75, 3.05) is 23.9 Å². The van der Waals surface area contributed by atoms with E-state index in [1.165, 1.54) is 35.2 Å². The van der Waals surface area contributed by atoms with Crippen LogP contribution in [0.4, 0.5) is 5.69 Å². The summed E-state index contributed by atoms with van der Waals surface area (Å²) in [7, 11) is -4.18. The Hall–Kier alpha value is -3.07. The third kappa shape index (κ3) is 8.21. The molecule has 0 aliphatic rings. The van der Waals surface area contributed by atoms with E-state index in [9.17, 15) is 18.0 Å². The van der Waals surface area contributed by atoms with Gasteiger partial charge >= 0.3 is 0 Å². The smallest absolute Gasteiger partial charge is 0.264 e. The maximum Gasteiger partial charge on any atom is 0.264 e. The van der Waals surface area contributed by atoms with Gasteiger partial charge in [-0.15, -0.1) is 0 Å². The molecule has 208 valence electrons. The molecule has 0 saturated heterocycles. The van der Waals surface area contributed by atoms with Crippen molar-refractivity contribution >= 4 is 50.7 Å². The number of amides is 2. The summed E-state index contributed by atoms with van der Waals surface area (Å²) in [6, 6.07) is 20.9. The van der Waals surface area contributed by atoms with Crippen molar-refractivity contribution in [3.8, 4) is 0 Å². The van der Waals surface area contributed by atoms with Gasteiger partial charge in [-0.25, -0.2) is 8.42 Å². The zero-order valence-electron chi connectivity index (χ0n) is 22.0. The predicted molar refractivity (Wildman–Crippen MR) is 157 cm³/mol. The van der Waals surface area contributed by atoms with Crippen molar-refractivity contribution < 1.29 is 18.0 Å². The highest BCUT2D eigenvalue weighted by molar-refractivity contribution is 7.92. The summed E-state index contributed by atoms with van der Waals surface area (Å²) in [5.74, 6) is -0.766. The molecular formula is C29H33Cl2N3O4S. The Morgan fingerprint density at radius 2 is 1.59 bits per heavy atom. The Bertz CT molecular complexity index is 1350. The molecule has 0 aromatic heterocycles. The van der Waals surface area contributed by atoms with Crippen molar-refractivity contribution in [1.29, 1.82) is 0 Å². The molecule has 0 radical (unpaired) electrons. The Kier molecular flexibility index (Phi) is 11.2. The summed E-state index contributed by atoms with van der Waals surface area (Å²) in [5.41, 5.74) is 1.23. The molecule has 7 nitrogen and oxygen atoms in total. The standard InChI is InChI=1S/C29H33Cl2N3O4S/c1-3-18-32-29(36)27(4-2)33(19-17-22-9-6-5-7-10-22)28(35)21-34(25-12-8-11-24(31)20-25)39(37,38)26-15-13-23(30)14-16-26/h5-16,20,27H,3-4,17-19,21H2,1-2H3,(H,32,36). The van der Waals surface area contributed by atoms with Crippen molar-refractivity contribution in [3.05, 3.63) is 94.5 Å². The summed E-state index contributed by atoms with van der Waals surface area (Å²) >= 11 is 12.2. The summed E-state index contributed by atoms with van der Waals surface area (Å²) in [5, 5.41) is 3.58. The minimum Gasteiger partial charge on any atom is -0.354 e. The van der Waals surface area contributed by atoms with E-state index in [1.54, 1.807) is 18.2 Å². The monoisotopic (exact) mass is 589 g/mol. The van der Waals surface area contributed by atoms with E-state index in [0.29, 0.717) is 29.4 Å². The minimum absolute atomic E-state index is 0.0248.